The number of thiophene rings is 2. The van der Waals surface area contributed by atoms with Gasteiger partial charge in [0.1, 0.15) is 0 Å². The monoisotopic (exact) mass is 642 g/mol. The van der Waals surface area contributed by atoms with Crippen LogP contribution in [0.2, 0.25) is 0 Å². The van der Waals surface area contributed by atoms with Crippen molar-refractivity contribution in [3.8, 4) is 22.3 Å². The van der Waals surface area contributed by atoms with Gasteiger partial charge in [-0.05, 0) is 78.2 Å². The van der Waals surface area contributed by atoms with Crippen molar-refractivity contribution in [3.63, 3.8) is 0 Å². The molecule has 2 heterocycles. The Morgan fingerprint density at radius 1 is 0.292 bits per heavy atom. The van der Waals surface area contributed by atoms with Gasteiger partial charge in [0, 0.05) is 45.7 Å². The molecule has 0 nitrogen and oxygen atoms in total. The predicted octanol–water partition coefficient (Wildman–Crippen LogP) is 14.4. The molecule has 0 aliphatic rings. The standard InChI is InChI=1S/C46H26S2/c1-2-12-28-25-29(22-21-27(28)11-1)41-31-13-3-5-15-33(31)42(34-16-6-4-14-32(34)41)30-23-24-38-40(26-30)48-45-36-18-8-7-17-35(36)43-37-19-9-10-20-39(37)47-46(43)44(38)45/h1-26H. The summed E-state index contributed by atoms with van der Waals surface area (Å²) in [7, 11) is 0. The fourth-order valence-corrected chi connectivity index (χ4v) is 10.8. The molecule has 11 aromatic rings. The summed E-state index contributed by atoms with van der Waals surface area (Å²) in [6.07, 6.45) is 0. The second-order valence-electron chi connectivity index (χ2n) is 12.8. The molecule has 0 aliphatic carbocycles. The quantitative estimate of drug-likeness (QED) is 0.165. The molecule has 0 unspecified atom stereocenters. The topological polar surface area (TPSA) is 0 Å². The molecule has 0 radical (unpaired) electrons. The maximum Gasteiger partial charge on any atom is 0.0455 e. The summed E-state index contributed by atoms with van der Waals surface area (Å²) in [5.41, 5.74) is 5.13. The second kappa shape index (κ2) is 9.98. The molecular weight excluding hydrogens is 617 g/mol. The van der Waals surface area contributed by atoms with Crippen LogP contribution in [0.15, 0.2) is 158 Å². The van der Waals surface area contributed by atoms with Gasteiger partial charge in [-0.25, -0.2) is 0 Å². The Kier molecular flexibility index (Phi) is 5.51. The normalized spacial score (nSPS) is 12.2. The molecule has 0 amide bonds. The summed E-state index contributed by atoms with van der Waals surface area (Å²) < 4.78 is 5.48. The summed E-state index contributed by atoms with van der Waals surface area (Å²) in [6, 6.07) is 58.6. The van der Waals surface area contributed by atoms with Gasteiger partial charge in [-0.3, -0.25) is 0 Å². The van der Waals surface area contributed by atoms with E-state index in [1.807, 2.05) is 22.7 Å². The van der Waals surface area contributed by atoms with E-state index in [9.17, 15) is 0 Å². The molecule has 222 valence electrons. The molecule has 9 aromatic carbocycles. The fraction of sp³-hybridized carbons (Fsp3) is 0. The van der Waals surface area contributed by atoms with Crippen molar-refractivity contribution in [1.29, 1.82) is 0 Å². The first-order valence-electron chi connectivity index (χ1n) is 16.4. The lowest BCUT2D eigenvalue weighted by atomic mass is 9.85. The molecule has 0 N–H and O–H groups in total. The van der Waals surface area contributed by atoms with Crippen LogP contribution < -0.4 is 0 Å². The lowest BCUT2D eigenvalue weighted by Crippen LogP contribution is -1.90. The van der Waals surface area contributed by atoms with Gasteiger partial charge in [0.2, 0.25) is 0 Å². The maximum atomic E-state index is 2.46. The van der Waals surface area contributed by atoms with Crippen LogP contribution >= 0.6 is 22.7 Å². The van der Waals surface area contributed by atoms with Gasteiger partial charge in [-0.15, -0.1) is 22.7 Å². The van der Waals surface area contributed by atoms with Crippen LogP contribution in [0.4, 0.5) is 0 Å². The lowest BCUT2D eigenvalue weighted by molar-refractivity contribution is 1.69. The minimum atomic E-state index is 1.26. The number of benzene rings is 9. The van der Waals surface area contributed by atoms with E-state index in [0.717, 1.165) is 0 Å². The van der Waals surface area contributed by atoms with E-state index < -0.39 is 0 Å². The Hall–Kier alpha value is -5.54. The van der Waals surface area contributed by atoms with Crippen LogP contribution in [0.3, 0.4) is 0 Å². The highest BCUT2D eigenvalue weighted by Crippen LogP contribution is 2.50. The Morgan fingerprint density at radius 3 is 1.50 bits per heavy atom. The molecule has 0 saturated carbocycles. The zero-order valence-electron chi connectivity index (χ0n) is 25.8. The summed E-state index contributed by atoms with van der Waals surface area (Å²) in [5.74, 6) is 0. The molecule has 2 heteroatoms. The van der Waals surface area contributed by atoms with Gasteiger partial charge in [0.25, 0.3) is 0 Å². The van der Waals surface area contributed by atoms with Crippen LogP contribution in [0.1, 0.15) is 0 Å². The third-order valence-corrected chi connectivity index (χ3v) is 12.6. The van der Waals surface area contributed by atoms with Gasteiger partial charge < -0.3 is 0 Å². The van der Waals surface area contributed by atoms with Gasteiger partial charge in [0.15, 0.2) is 0 Å². The van der Waals surface area contributed by atoms with Gasteiger partial charge in [-0.2, -0.15) is 0 Å². The van der Waals surface area contributed by atoms with Crippen molar-refractivity contribution in [1.82, 2.24) is 0 Å². The van der Waals surface area contributed by atoms with Crippen molar-refractivity contribution in [2.75, 3.05) is 0 Å². The highest BCUT2D eigenvalue weighted by Gasteiger charge is 2.20. The Labute approximate surface area is 284 Å². The Bertz CT molecular complexity index is 3060. The summed E-state index contributed by atoms with van der Waals surface area (Å²) in [6.45, 7) is 0. The van der Waals surface area contributed by atoms with Crippen molar-refractivity contribution in [2.24, 2.45) is 0 Å². The van der Waals surface area contributed by atoms with E-state index in [1.165, 1.54) is 106 Å². The third-order valence-electron chi connectivity index (χ3n) is 10.2. The minimum Gasteiger partial charge on any atom is -0.134 e. The molecule has 2 aromatic heterocycles. The first-order valence-corrected chi connectivity index (χ1v) is 18.1. The van der Waals surface area contributed by atoms with E-state index in [0.29, 0.717) is 0 Å². The third kappa shape index (κ3) is 3.65. The Morgan fingerprint density at radius 2 is 0.792 bits per heavy atom. The van der Waals surface area contributed by atoms with Gasteiger partial charge >= 0.3 is 0 Å². The Balaban J connectivity index is 1.22. The fourth-order valence-electron chi connectivity index (χ4n) is 8.15. The van der Waals surface area contributed by atoms with E-state index in [4.69, 9.17) is 0 Å². The van der Waals surface area contributed by atoms with Crippen molar-refractivity contribution in [2.45, 2.75) is 0 Å². The lowest BCUT2D eigenvalue weighted by Gasteiger charge is -2.18. The first kappa shape index (κ1) is 26.5. The van der Waals surface area contributed by atoms with Crippen LogP contribution in [0.25, 0.3) is 106 Å². The maximum absolute atomic E-state index is 2.46. The minimum absolute atomic E-state index is 1.26. The van der Waals surface area contributed by atoms with Gasteiger partial charge in [-0.1, -0.05) is 140 Å². The summed E-state index contributed by atoms with van der Waals surface area (Å²) in [4.78, 5) is 0. The van der Waals surface area contributed by atoms with Crippen LogP contribution in [0.5, 0.6) is 0 Å². The predicted molar refractivity (Wildman–Crippen MR) is 213 cm³/mol. The summed E-state index contributed by atoms with van der Waals surface area (Å²) in [5, 5.41) is 15.9. The van der Waals surface area contributed by atoms with E-state index >= 15 is 0 Å². The zero-order valence-corrected chi connectivity index (χ0v) is 27.5. The number of rotatable bonds is 2. The number of hydrogen-bond donors (Lipinski definition) is 0. The average Bonchev–Trinajstić information content (AvgIpc) is 3.72. The largest absolute Gasteiger partial charge is 0.134 e. The zero-order chi connectivity index (χ0) is 31.3. The first-order chi connectivity index (χ1) is 23.8. The van der Waals surface area contributed by atoms with E-state index in [1.54, 1.807) is 0 Å². The van der Waals surface area contributed by atoms with Crippen molar-refractivity contribution < 1.29 is 0 Å². The number of hydrogen-bond acceptors (Lipinski definition) is 2. The average molecular weight is 643 g/mol. The van der Waals surface area contributed by atoms with Crippen molar-refractivity contribution in [3.05, 3.63) is 158 Å². The SMILES string of the molecule is c1ccc2cc(-c3c4ccccc4c(-c4ccc5c(c4)sc4c6ccccc6c6c7ccccc7sc6c54)c4ccccc34)ccc2c1. The molecule has 0 atom stereocenters. The number of fused-ring (bicyclic) bond motifs is 13. The van der Waals surface area contributed by atoms with Crippen LogP contribution in [-0.2, 0) is 0 Å². The molecule has 0 bridgehead atoms. The van der Waals surface area contributed by atoms with Crippen molar-refractivity contribution >= 4 is 106 Å². The molecule has 48 heavy (non-hydrogen) atoms. The second-order valence-corrected chi connectivity index (χ2v) is 14.9. The summed E-state index contributed by atoms with van der Waals surface area (Å²) >= 11 is 3.88. The highest BCUT2D eigenvalue weighted by molar-refractivity contribution is 7.30. The van der Waals surface area contributed by atoms with Gasteiger partial charge in [0.05, 0.1) is 0 Å². The highest BCUT2D eigenvalue weighted by atomic mass is 32.1. The molecule has 0 aliphatic heterocycles. The molecular formula is C46H26S2. The van der Waals surface area contributed by atoms with Crippen LogP contribution in [0, 0.1) is 0 Å². The smallest absolute Gasteiger partial charge is 0.0455 e. The molecule has 0 spiro atoms. The molecule has 0 saturated heterocycles. The van der Waals surface area contributed by atoms with Crippen LogP contribution in [-0.4, -0.2) is 0 Å². The van der Waals surface area contributed by atoms with E-state index in [2.05, 4.69) is 158 Å². The molecule has 0 fully saturated rings. The molecule has 11 rings (SSSR count). The van der Waals surface area contributed by atoms with E-state index in [-0.39, 0.29) is 0 Å².